The number of rotatable bonds is 9. The van der Waals surface area contributed by atoms with Crippen molar-refractivity contribution in [3.8, 4) is 5.75 Å². The molecule has 0 amide bonds. The first kappa shape index (κ1) is 24.0. The average Bonchev–Trinajstić information content (AvgIpc) is 3.49. The topological polar surface area (TPSA) is 72.7 Å². The Morgan fingerprint density at radius 3 is 2.67 bits per heavy atom. The summed E-state index contributed by atoms with van der Waals surface area (Å²) in [7, 11) is 0. The van der Waals surface area contributed by atoms with E-state index in [1.807, 2.05) is 0 Å². The lowest BCUT2D eigenvalue weighted by molar-refractivity contribution is 0.190. The van der Waals surface area contributed by atoms with Gasteiger partial charge in [-0.2, -0.15) is 4.98 Å². The molecule has 2 aromatic rings. The second-order valence-electron chi connectivity index (χ2n) is 10.6. The van der Waals surface area contributed by atoms with Crippen molar-refractivity contribution in [1.29, 1.82) is 0 Å². The monoisotopic (exact) mass is 456 g/mol. The van der Waals surface area contributed by atoms with Crippen molar-refractivity contribution in [2.75, 3.05) is 37.8 Å². The molecule has 7 heteroatoms. The standard InChI is InChI=1S/C26H40N4O3/c1-19-16-23(8-7-21(19)17-27-22-11-15-31-18-22)32-14-5-6-20-9-12-30(13-10-20)25-28-24(29-33-25)26(2,3)4/h7-8,16,20,22,27H,5-6,9-15,17-18H2,1-4H3/t22-/m0/s1. The summed E-state index contributed by atoms with van der Waals surface area (Å²) in [4.78, 5) is 6.83. The summed E-state index contributed by atoms with van der Waals surface area (Å²) >= 11 is 0. The molecule has 1 aromatic carbocycles. The van der Waals surface area contributed by atoms with Crippen molar-refractivity contribution >= 4 is 6.01 Å². The molecule has 0 unspecified atom stereocenters. The summed E-state index contributed by atoms with van der Waals surface area (Å²) in [5.74, 6) is 2.49. The maximum atomic E-state index is 6.05. The van der Waals surface area contributed by atoms with E-state index in [9.17, 15) is 0 Å². The molecule has 2 saturated heterocycles. The third-order valence-corrected chi connectivity index (χ3v) is 6.82. The van der Waals surface area contributed by atoms with Crippen LogP contribution in [0.5, 0.6) is 5.75 Å². The lowest BCUT2D eigenvalue weighted by Gasteiger charge is -2.30. The maximum absolute atomic E-state index is 6.05. The Morgan fingerprint density at radius 2 is 2.00 bits per heavy atom. The lowest BCUT2D eigenvalue weighted by atomic mass is 9.92. The van der Waals surface area contributed by atoms with Crippen molar-refractivity contribution in [3.63, 3.8) is 0 Å². The van der Waals surface area contributed by atoms with Gasteiger partial charge < -0.3 is 24.2 Å². The molecule has 2 aliphatic heterocycles. The quantitative estimate of drug-likeness (QED) is 0.552. The molecule has 0 saturated carbocycles. The zero-order chi connectivity index (χ0) is 23.3. The first-order valence-electron chi connectivity index (χ1n) is 12.5. The van der Waals surface area contributed by atoms with Gasteiger partial charge >= 0.3 is 6.01 Å². The summed E-state index contributed by atoms with van der Waals surface area (Å²) < 4.78 is 17.0. The first-order valence-corrected chi connectivity index (χ1v) is 12.5. The van der Waals surface area contributed by atoms with E-state index in [1.54, 1.807) is 0 Å². The Balaban J connectivity index is 1.13. The van der Waals surface area contributed by atoms with Crippen LogP contribution >= 0.6 is 0 Å². The van der Waals surface area contributed by atoms with Crippen LogP contribution in [0.15, 0.2) is 22.7 Å². The summed E-state index contributed by atoms with van der Waals surface area (Å²) in [6.07, 6.45) is 5.73. The molecule has 3 heterocycles. The van der Waals surface area contributed by atoms with Gasteiger partial charge in [-0.05, 0) is 68.2 Å². The third-order valence-electron chi connectivity index (χ3n) is 6.82. The fourth-order valence-electron chi connectivity index (χ4n) is 4.53. The summed E-state index contributed by atoms with van der Waals surface area (Å²) in [6.45, 7) is 13.8. The van der Waals surface area contributed by atoms with Crippen LogP contribution in [0.3, 0.4) is 0 Å². The van der Waals surface area contributed by atoms with Gasteiger partial charge in [-0.15, -0.1) is 0 Å². The zero-order valence-electron chi connectivity index (χ0n) is 20.7. The van der Waals surface area contributed by atoms with Gasteiger partial charge in [-0.3, -0.25) is 0 Å². The largest absolute Gasteiger partial charge is 0.494 e. The Bertz CT molecular complexity index is 878. The molecule has 1 atom stereocenters. The predicted octanol–water partition coefficient (Wildman–Crippen LogP) is 4.63. The zero-order valence-corrected chi connectivity index (χ0v) is 20.7. The van der Waals surface area contributed by atoms with Crippen LogP contribution in [0.4, 0.5) is 6.01 Å². The number of ether oxygens (including phenoxy) is 2. The molecule has 1 N–H and O–H groups in total. The van der Waals surface area contributed by atoms with Crippen LogP contribution in [0, 0.1) is 12.8 Å². The Kier molecular flexibility index (Phi) is 7.91. The Hall–Kier alpha value is -2.12. The van der Waals surface area contributed by atoms with Gasteiger partial charge in [-0.1, -0.05) is 32.0 Å². The Morgan fingerprint density at radius 1 is 1.18 bits per heavy atom. The number of nitrogens with zero attached hydrogens (tertiary/aromatic N) is 3. The van der Waals surface area contributed by atoms with Crippen molar-refractivity contribution in [2.45, 2.75) is 77.8 Å². The molecule has 0 radical (unpaired) electrons. The highest BCUT2D eigenvalue weighted by molar-refractivity contribution is 5.34. The highest BCUT2D eigenvalue weighted by atomic mass is 16.5. The maximum Gasteiger partial charge on any atom is 0.324 e. The molecular formula is C26H40N4O3. The van der Waals surface area contributed by atoms with Gasteiger partial charge in [0.1, 0.15) is 5.75 Å². The van der Waals surface area contributed by atoms with Gasteiger partial charge in [0.05, 0.1) is 13.2 Å². The molecule has 2 fully saturated rings. The van der Waals surface area contributed by atoms with Crippen LogP contribution in [-0.2, 0) is 16.7 Å². The highest BCUT2D eigenvalue weighted by Gasteiger charge is 2.26. The van der Waals surface area contributed by atoms with Gasteiger partial charge in [0.25, 0.3) is 0 Å². The van der Waals surface area contributed by atoms with Gasteiger partial charge in [0.15, 0.2) is 5.82 Å². The molecule has 1 aromatic heterocycles. The first-order chi connectivity index (χ1) is 15.9. The molecule has 0 spiro atoms. The summed E-state index contributed by atoms with van der Waals surface area (Å²) in [5, 5.41) is 7.74. The van der Waals surface area contributed by atoms with Crippen molar-refractivity contribution in [2.24, 2.45) is 5.92 Å². The van der Waals surface area contributed by atoms with Crippen molar-refractivity contribution < 1.29 is 14.0 Å². The van der Waals surface area contributed by atoms with E-state index in [1.165, 1.54) is 30.4 Å². The Labute approximate surface area is 198 Å². The second kappa shape index (κ2) is 10.9. The van der Waals surface area contributed by atoms with E-state index in [2.05, 4.69) is 66.3 Å². The number of piperidine rings is 1. The molecule has 33 heavy (non-hydrogen) atoms. The normalized spacial score (nSPS) is 19.9. The minimum absolute atomic E-state index is 0.0826. The summed E-state index contributed by atoms with van der Waals surface area (Å²) in [6, 6.07) is 7.61. The summed E-state index contributed by atoms with van der Waals surface area (Å²) in [5.41, 5.74) is 2.53. The number of aromatic nitrogens is 2. The van der Waals surface area contributed by atoms with E-state index < -0.39 is 0 Å². The highest BCUT2D eigenvalue weighted by Crippen LogP contribution is 2.27. The molecule has 4 rings (SSSR count). The molecule has 0 aliphatic carbocycles. The number of nitrogens with one attached hydrogen (secondary N) is 1. The van der Waals surface area contributed by atoms with Crippen LogP contribution in [0.1, 0.15) is 69.8 Å². The minimum atomic E-state index is -0.0826. The molecular weight excluding hydrogens is 416 g/mol. The van der Waals surface area contributed by atoms with Crippen molar-refractivity contribution in [3.05, 3.63) is 35.2 Å². The van der Waals surface area contributed by atoms with Crippen LogP contribution in [0.25, 0.3) is 0 Å². The number of benzene rings is 1. The minimum Gasteiger partial charge on any atom is -0.494 e. The third kappa shape index (κ3) is 6.70. The average molecular weight is 457 g/mol. The van der Waals surface area contributed by atoms with Gasteiger partial charge in [0.2, 0.25) is 0 Å². The number of hydrogen-bond donors (Lipinski definition) is 1. The van der Waals surface area contributed by atoms with E-state index in [0.29, 0.717) is 12.1 Å². The fourth-order valence-corrected chi connectivity index (χ4v) is 4.53. The van der Waals surface area contributed by atoms with E-state index in [4.69, 9.17) is 14.0 Å². The van der Waals surface area contributed by atoms with E-state index in [-0.39, 0.29) is 5.41 Å². The molecule has 7 nitrogen and oxygen atoms in total. The fraction of sp³-hybridized carbons (Fsp3) is 0.692. The number of aryl methyl sites for hydroxylation is 1. The predicted molar refractivity (Wildman–Crippen MR) is 130 cm³/mol. The molecule has 182 valence electrons. The number of anilines is 1. The van der Waals surface area contributed by atoms with Crippen molar-refractivity contribution in [1.82, 2.24) is 15.5 Å². The van der Waals surface area contributed by atoms with Gasteiger partial charge in [0, 0.05) is 37.7 Å². The van der Waals surface area contributed by atoms with E-state index in [0.717, 1.165) is 69.8 Å². The van der Waals surface area contributed by atoms with Gasteiger partial charge in [-0.25, -0.2) is 0 Å². The SMILES string of the molecule is Cc1cc(OCCCC2CCN(c3nc(C(C)(C)C)no3)CC2)ccc1CN[C@H]1CCOC1. The lowest BCUT2D eigenvalue weighted by Crippen LogP contribution is -2.34. The second-order valence-corrected chi connectivity index (χ2v) is 10.6. The molecule has 0 bridgehead atoms. The van der Waals surface area contributed by atoms with Crippen LogP contribution in [0.2, 0.25) is 0 Å². The van der Waals surface area contributed by atoms with Crippen LogP contribution in [-0.4, -0.2) is 49.1 Å². The van der Waals surface area contributed by atoms with E-state index >= 15 is 0 Å². The molecule has 2 aliphatic rings. The number of hydrogen-bond acceptors (Lipinski definition) is 7. The van der Waals surface area contributed by atoms with Crippen LogP contribution < -0.4 is 15.0 Å². The smallest absolute Gasteiger partial charge is 0.324 e.